The number of rotatable bonds is 1. The Kier molecular flexibility index (Phi) is 4.66. The lowest BCUT2D eigenvalue weighted by molar-refractivity contribution is -0.0354. The van der Waals surface area contributed by atoms with E-state index in [-0.39, 0.29) is 23.0 Å². The van der Waals surface area contributed by atoms with Gasteiger partial charge in [-0.15, -0.1) is 0 Å². The van der Waals surface area contributed by atoms with Crippen molar-refractivity contribution >= 4 is 16.3 Å². The van der Waals surface area contributed by atoms with Gasteiger partial charge in [-0.2, -0.15) is 0 Å². The number of aliphatic hydroxyl groups excluding tert-OH is 1. The van der Waals surface area contributed by atoms with Crippen molar-refractivity contribution in [1.29, 1.82) is 0 Å². The third-order valence-corrected chi connectivity index (χ3v) is 9.21. The minimum Gasteiger partial charge on any atom is -0.393 e. The van der Waals surface area contributed by atoms with Crippen LogP contribution >= 0.6 is 0 Å². The molecule has 1 aromatic carbocycles. The molecule has 0 aliphatic heterocycles. The van der Waals surface area contributed by atoms with E-state index in [2.05, 4.69) is 43.1 Å². The Morgan fingerprint density at radius 1 is 1.15 bits per heavy atom. The van der Waals surface area contributed by atoms with E-state index in [9.17, 15) is 15.0 Å². The van der Waals surface area contributed by atoms with Crippen LogP contribution in [-0.2, 0) is 0 Å². The van der Waals surface area contributed by atoms with Gasteiger partial charge in [0.15, 0.2) is 0 Å². The Hall–Kier alpha value is -2.43. The first-order valence-corrected chi connectivity index (χ1v) is 12.4. The number of hydrogen-bond donors (Lipinski definition) is 3. The predicted molar refractivity (Wildman–Crippen MR) is 132 cm³/mol. The topological polar surface area (TPSA) is 73.3 Å². The van der Waals surface area contributed by atoms with Crippen LogP contribution < -0.4 is 5.56 Å². The molecule has 0 bridgehead atoms. The van der Waals surface area contributed by atoms with E-state index in [1.807, 2.05) is 12.1 Å². The highest BCUT2D eigenvalue weighted by atomic mass is 16.3. The molecule has 1 heterocycles. The molecule has 2 aromatic rings. The van der Waals surface area contributed by atoms with Crippen molar-refractivity contribution in [2.45, 2.75) is 70.5 Å². The molecule has 172 valence electrons. The Labute approximate surface area is 194 Å². The molecule has 0 saturated heterocycles. The van der Waals surface area contributed by atoms with Crippen molar-refractivity contribution in [2.75, 3.05) is 0 Å². The zero-order chi connectivity index (χ0) is 23.0. The summed E-state index contributed by atoms with van der Waals surface area (Å²) in [6.45, 7) is 4.51. The SMILES string of the molecule is CC1=C2C=C3CC(O)CCC3CC[C@]2(O)C2CC=C(c3ccc4c(=O)[nH]ccc4c3)C2(C)C1. The number of aliphatic hydroxyl groups is 2. The van der Waals surface area contributed by atoms with Crippen molar-refractivity contribution in [2.24, 2.45) is 17.3 Å². The standard InChI is InChI=1S/C29H33NO3/c1-17-16-28(2)24(20-4-6-23-19(13-20)10-12-30-27(23)32)7-8-26(28)29(33)11-9-18-3-5-22(31)14-21(18)15-25(17)29/h4,6-7,10,12-13,15,18,22,26,31,33H,3,5,8-9,11,14,16H2,1-2H3,(H,30,32)/t18?,22?,26?,28?,29-/m1/s1. The first kappa shape index (κ1) is 21.1. The zero-order valence-electron chi connectivity index (χ0n) is 19.5. The van der Waals surface area contributed by atoms with Gasteiger partial charge in [-0.3, -0.25) is 4.79 Å². The Morgan fingerprint density at radius 3 is 2.85 bits per heavy atom. The normalized spacial score (nSPS) is 35.9. The maximum Gasteiger partial charge on any atom is 0.255 e. The van der Waals surface area contributed by atoms with Crippen LogP contribution in [0.3, 0.4) is 0 Å². The molecule has 4 heteroatoms. The Balaban J connectivity index is 1.42. The number of hydrogen-bond acceptors (Lipinski definition) is 3. The molecule has 6 rings (SSSR count). The number of pyridine rings is 1. The molecule has 4 aliphatic carbocycles. The van der Waals surface area contributed by atoms with Gasteiger partial charge in [0.25, 0.3) is 5.56 Å². The smallest absolute Gasteiger partial charge is 0.255 e. The van der Waals surface area contributed by atoms with Crippen molar-refractivity contribution in [3.05, 3.63) is 75.3 Å². The molecule has 4 aliphatic rings. The largest absolute Gasteiger partial charge is 0.393 e. The summed E-state index contributed by atoms with van der Waals surface area (Å²) in [4.78, 5) is 14.9. The van der Waals surface area contributed by atoms with E-state index in [1.54, 1.807) is 6.20 Å². The van der Waals surface area contributed by atoms with Crippen LogP contribution in [0.4, 0.5) is 0 Å². The lowest BCUT2D eigenvalue weighted by Crippen LogP contribution is -2.49. The van der Waals surface area contributed by atoms with Gasteiger partial charge in [0.05, 0.1) is 11.7 Å². The van der Waals surface area contributed by atoms with E-state index in [0.29, 0.717) is 11.3 Å². The molecule has 5 atom stereocenters. The van der Waals surface area contributed by atoms with Gasteiger partial charge < -0.3 is 15.2 Å². The van der Waals surface area contributed by atoms with Crippen molar-refractivity contribution in [3.63, 3.8) is 0 Å². The second-order valence-corrected chi connectivity index (χ2v) is 11.1. The van der Waals surface area contributed by atoms with Crippen LogP contribution in [-0.4, -0.2) is 26.9 Å². The van der Waals surface area contributed by atoms with E-state index < -0.39 is 5.60 Å². The number of nitrogens with one attached hydrogen (secondary N) is 1. The third kappa shape index (κ3) is 3.07. The van der Waals surface area contributed by atoms with Gasteiger partial charge in [0.1, 0.15) is 0 Å². The number of fused-ring (bicyclic) bond motifs is 5. The lowest BCUT2D eigenvalue weighted by atomic mass is 9.56. The fraction of sp³-hybridized carbons (Fsp3) is 0.483. The van der Waals surface area contributed by atoms with Crippen molar-refractivity contribution < 1.29 is 10.2 Å². The van der Waals surface area contributed by atoms with Crippen LogP contribution in [0.25, 0.3) is 16.3 Å². The van der Waals surface area contributed by atoms with Gasteiger partial charge in [-0.1, -0.05) is 36.3 Å². The number of H-pyrrole nitrogens is 1. The second kappa shape index (κ2) is 7.28. The van der Waals surface area contributed by atoms with E-state index in [0.717, 1.165) is 61.5 Å². The minimum atomic E-state index is -0.835. The van der Waals surface area contributed by atoms with Crippen LogP contribution in [0, 0.1) is 17.3 Å². The highest BCUT2D eigenvalue weighted by Gasteiger charge is 2.57. The summed E-state index contributed by atoms with van der Waals surface area (Å²) in [5, 5.41) is 24.2. The molecular weight excluding hydrogens is 410 g/mol. The first-order valence-electron chi connectivity index (χ1n) is 12.4. The maximum atomic E-state index is 12.3. The molecule has 33 heavy (non-hydrogen) atoms. The summed E-state index contributed by atoms with van der Waals surface area (Å²) in [6.07, 6.45) is 12.3. The average Bonchev–Trinajstić information content (AvgIpc) is 3.05. The summed E-state index contributed by atoms with van der Waals surface area (Å²) in [5.41, 5.74) is 5.15. The van der Waals surface area contributed by atoms with Gasteiger partial charge in [0.2, 0.25) is 0 Å². The molecule has 4 nitrogen and oxygen atoms in total. The fourth-order valence-electron chi connectivity index (χ4n) is 7.63. The average molecular weight is 444 g/mol. The Morgan fingerprint density at radius 2 is 2.00 bits per heavy atom. The minimum absolute atomic E-state index is 0.0583. The Bertz CT molecular complexity index is 1300. The number of benzene rings is 1. The molecule has 0 radical (unpaired) electrons. The summed E-state index contributed by atoms with van der Waals surface area (Å²) in [7, 11) is 0. The monoisotopic (exact) mass is 443 g/mol. The number of aromatic amines is 1. The molecule has 0 amide bonds. The number of allylic oxidation sites excluding steroid dienone is 3. The van der Waals surface area contributed by atoms with Crippen LogP contribution in [0.15, 0.2) is 64.1 Å². The molecule has 1 fully saturated rings. The first-order chi connectivity index (χ1) is 15.8. The van der Waals surface area contributed by atoms with Gasteiger partial charge in [0, 0.05) is 22.9 Å². The summed E-state index contributed by atoms with van der Waals surface area (Å²) in [5.74, 6) is 0.623. The van der Waals surface area contributed by atoms with E-state index in [4.69, 9.17) is 0 Å². The lowest BCUT2D eigenvalue weighted by Gasteiger charge is -2.50. The van der Waals surface area contributed by atoms with Gasteiger partial charge >= 0.3 is 0 Å². The predicted octanol–water partition coefficient (Wildman–Crippen LogP) is 5.27. The van der Waals surface area contributed by atoms with Crippen LogP contribution in [0.2, 0.25) is 0 Å². The fourth-order valence-corrected chi connectivity index (χ4v) is 7.63. The number of aromatic nitrogens is 1. The van der Waals surface area contributed by atoms with Crippen molar-refractivity contribution in [3.8, 4) is 0 Å². The van der Waals surface area contributed by atoms with Crippen LogP contribution in [0.1, 0.15) is 64.4 Å². The third-order valence-electron chi connectivity index (χ3n) is 9.21. The van der Waals surface area contributed by atoms with Gasteiger partial charge in [-0.25, -0.2) is 0 Å². The summed E-state index contributed by atoms with van der Waals surface area (Å²) in [6, 6.07) is 8.09. The van der Waals surface area contributed by atoms with Gasteiger partial charge in [-0.05, 0) is 98.1 Å². The molecule has 1 saturated carbocycles. The summed E-state index contributed by atoms with van der Waals surface area (Å²) < 4.78 is 0. The van der Waals surface area contributed by atoms with Crippen LogP contribution in [0.5, 0.6) is 0 Å². The molecule has 0 spiro atoms. The molecule has 4 unspecified atom stereocenters. The molecular formula is C29H33NO3. The van der Waals surface area contributed by atoms with Crippen molar-refractivity contribution in [1.82, 2.24) is 4.98 Å². The highest BCUT2D eigenvalue weighted by Crippen LogP contribution is 2.62. The maximum absolute atomic E-state index is 12.3. The second-order valence-electron chi connectivity index (χ2n) is 11.1. The zero-order valence-corrected chi connectivity index (χ0v) is 19.5. The quantitative estimate of drug-likeness (QED) is 0.562. The molecule has 3 N–H and O–H groups in total. The highest BCUT2D eigenvalue weighted by molar-refractivity contribution is 5.87. The van der Waals surface area contributed by atoms with E-state index in [1.165, 1.54) is 16.7 Å². The molecule has 1 aromatic heterocycles. The summed E-state index contributed by atoms with van der Waals surface area (Å²) >= 11 is 0. The van der Waals surface area contributed by atoms with E-state index >= 15 is 0 Å².